The number of benzene rings is 1. The summed E-state index contributed by atoms with van der Waals surface area (Å²) in [6, 6.07) is 6.96. The van der Waals surface area contributed by atoms with Crippen LogP contribution < -0.4 is 0 Å². The highest BCUT2D eigenvalue weighted by Gasteiger charge is 2.06. The molecule has 0 bridgehead atoms. The number of hydrogen-bond donors (Lipinski definition) is 1. The topological polar surface area (TPSA) is 66.3 Å². The van der Waals surface area contributed by atoms with Gasteiger partial charge in [-0.15, -0.1) is 0 Å². The molecule has 0 spiro atoms. The smallest absolute Gasteiger partial charge is 0.335 e. The zero-order chi connectivity index (χ0) is 13.7. The molecule has 0 fully saturated rings. The Kier molecular flexibility index (Phi) is 4.20. The lowest BCUT2D eigenvalue weighted by Gasteiger charge is -2.16. The molecule has 1 N–H and O–H groups in total. The summed E-state index contributed by atoms with van der Waals surface area (Å²) in [4.78, 5) is 21.2. The SMILES string of the molecule is CN(Cc1cccc(C(=O)O)c1)Cc1cnccn1. The molecule has 1 aromatic heterocycles. The fourth-order valence-corrected chi connectivity index (χ4v) is 1.86. The second-order valence-electron chi connectivity index (χ2n) is 4.37. The third kappa shape index (κ3) is 3.86. The molecule has 1 heterocycles. The number of aromatic nitrogens is 2. The van der Waals surface area contributed by atoms with E-state index in [4.69, 9.17) is 5.11 Å². The Morgan fingerprint density at radius 2 is 2.16 bits per heavy atom. The van der Waals surface area contributed by atoms with Gasteiger partial charge in [0.15, 0.2) is 0 Å². The molecule has 0 aliphatic rings. The van der Waals surface area contributed by atoms with Crippen molar-refractivity contribution < 1.29 is 9.90 Å². The number of carbonyl (C=O) groups is 1. The van der Waals surface area contributed by atoms with E-state index in [0.29, 0.717) is 18.7 Å². The molecule has 0 atom stereocenters. The maximum Gasteiger partial charge on any atom is 0.335 e. The van der Waals surface area contributed by atoms with Gasteiger partial charge in [0.2, 0.25) is 0 Å². The molecular weight excluding hydrogens is 242 g/mol. The van der Waals surface area contributed by atoms with E-state index in [0.717, 1.165) is 11.3 Å². The Morgan fingerprint density at radius 3 is 2.84 bits per heavy atom. The first-order valence-corrected chi connectivity index (χ1v) is 5.91. The van der Waals surface area contributed by atoms with Crippen LogP contribution in [0.15, 0.2) is 42.9 Å². The van der Waals surface area contributed by atoms with E-state index in [1.807, 2.05) is 13.1 Å². The highest BCUT2D eigenvalue weighted by atomic mass is 16.4. The molecule has 0 saturated carbocycles. The van der Waals surface area contributed by atoms with E-state index in [2.05, 4.69) is 14.9 Å². The van der Waals surface area contributed by atoms with E-state index in [9.17, 15) is 4.79 Å². The maximum absolute atomic E-state index is 10.9. The fourth-order valence-electron chi connectivity index (χ4n) is 1.86. The Bertz CT molecular complexity index is 558. The molecule has 0 radical (unpaired) electrons. The molecule has 0 unspecified atom stereocenters. The summed E-state index contributed by atoms with van der Waals surface area (Å²) in [6.07, 6.45) is 5.03. The summed E-state index contributed by atoms with van der Waals surface area (Å²) in [7, 11) is 1.96. The van der Waals surface area contributed by atoms with E-state index >= 15 is 0 Å². The lowest BCUT2D eigenvalue weighted by Crippen LogP contribution is -2.18. The average molecular weight is 257 g/mol. The number of carboxylic acids is 1. The van der Waals surface area contributed by atoms with E-state index in [-0.39, 0.29) is 0 Å². The highest BCUT2D eigenvalue weighted by Crippen LogP contribution is 2.09. The first kappa shape index (κ1) is 13.2. The van der Waals surface area contributed by atoms with Crippen LogP contribution in [0.25, 0.3) is 0 Å². The summed E-state index contributed by atoms with van der Waals surface area (Å²) >= 11 is 0. The number of carboxylic acid groups (broad SMARTS) is 1. The van der Waals surface area contributed by atoms with Gasteiger partial charge < -0.3 is 5.11 Å². The average Bonchev–Trinajstić information content (AvgIpc) is 2.40. The van der Waals surface area contributed by atoms with Gasteiger partial charge in [-0.05, 0) is 24.7 Å². The van der Waals surface area contributed by atoms with Crippen LogP contribution in [-0.2, 0) is 13.1 Å². The normalized spacial score (nSPS) is 10.6. The minimum atomic E-state index is -0.904. The van der Waals surface area contributed by atoms with Crippen LogP contribution in [0.4, 0.5) is 0 Å². The molecule has 1 aromatic carbocycles. The van der Waals surface area contributed by atoms with Gasteiger partial charge in [-0.25, -0.2) is 4.79 Å². The second kappa shape index (κ2) is 6.06. The zero-order valence-electron chi connectivity index (χ0n) is 10.7. The van der Waals surface area contributed by atoms with Crippen LogP contribution in [0.3, 0.4) is 0 Å². The molecule has 2 aromatic rings. The molecule has 0 aliphatic heterocycles. The molecule has 0 amide bonds. The molecule has 19 heavy (non-hydrogen) atoms. The Hall–Kier alpha value is -2.27. The van der Waals surface area contributed by atoms with Crippen molar-refractivity contribution in [2.75, 3.05) is 7.05 Å². The quantitative estimate of drug-likeness (QED) is 0.884. The minimum Gasteiger partial charge on any atom is -0.478 e. The summed E-state index contributed by atoms with van der Waals surface area (Å²) in [5.74, 6) is -0.904. The maximum atomic E-state index is 10.9. The number of hydrogen-bond acceptors (Lipinski definition) is 4. The van der Waals surface area contributed by atoms with Crippen LogP contribution in [0.5, 0.6) is 0 Å². The molecule has 2 rings (SSSR count). The Balaban J connectivity index is 2.01. The number of rotatable bonds is 5. The lowest BCUT2D eigenvalue weighted by atomic mass is 10.1. The third-order valence-corrected chi connectivity index (χ3v) is 2.67. The fraction of sp³-hybridized carbons (Fsp3) is 0.214. The van der Waals surface area contributed by atoms with Crippen molar-refractivity contribution in [3.05, 3.63) is 59.7 Å². The summed E-state index contributed by atoms with van der Waals surface area (Å²) < 4.78 is 0. The predicted octanol–water partition coefficient (Wildman–Crippen LogP) is 1.81. The van der Waals surface area contributed by atoms with Crippen LogP contribution >= 0.6 is 0 Å². The molecule has 5 heteroatoms. The van der Waals surface area contributed by atoms with Gasteiger partial charge in [-0.3, -0.25) is 14.9 Å². The monoisotopic (exact) mass is 257 g/mol. The molecule has 0 aliphatic carbocycles. The van der Waals surface area contributed by atoms with Crippen molar-refractivity contribution >= 4 is 5.97 Å². The summed E-state index contributed by atoms with van der Waals surface area (Å²) in [5, 5.41) is 8.95. The van der Waals surface area contributed by atoms with Gasteiger partial charge in [0, 0.05) is 31.7 Å². The van der Waals surface area contributed by atoms with Crippen LogP contribution in [0, 0.1) is 0 Å². The first-order valence-electron chi connectivity index (χ1n) is 5.91. The molecule has 98 valence electrons. The van der Waals surface area contributed by atoms with Crippen LogP contribution in [-0.4, -0.2) is 33.0 Å². The Labute approximate surface area is 111 Å². The van der Waals surface area contributed by atoms with Gasteiger partial charge in [0.25, 0.3) is 0 Å². The lowest BCUT2D eigenvalue weighted by molar-refractivity contribution is 0.0696. The minimum absolute atomic E-state index is 0.311. The zero-order valence-corrected chi connectivity index (χ0v) is 10.7. The van der Waals surface area contributed by atoms with Gasteiger partial charge in [0.1, 0.15) is 0 Å². The number of aromatic carboxylic acids is 1. The van der Waals surface area contributed by atoms with Crippen LogP contribution in [0.2, 0.25) is 0 Å². The van der Waals surface area contributed by atoms with E-state index < -0.39 is 5.97 Å². The van der Waals surface area contributed by atoms with Crippen molar-refractivity contribution in [1.29, 1.82) is 0 Å². The van der Waals surface area contributed by atoms with Gasteiger partial charge >= 0.3 is 5.97 Å². The van der Waals surface area contributed by atoms with Crippen LogP contribution in [0.1, 0.15) is 21.6 Å². The molecule has 5 nitrogen and oxygen atoms in total. The highest BCUT2D eigenvalue weighted by molar-refractivity contribution is 5.87. The third-order valence-electron chi connectivity index (χ3n) is 2.67. The van der Waals surface area contributed by atoms with Crippen molar-refractivity contribution in [2.24, 2.45) is 0 Å². The molecular formula is C14H15N3O2. The van der Waals surface area contributed by atoms with Crippen molar-refractivity contribution in [3.63, 3.8) is 0 Å². The summed E-state index contributed by atoms with van der Waals surface area (Å²) in [5.41, 5.74) is 2.16. The van der Waals surface area contributed by atoms with E-state index in [1.165, 1.54) is 0 Å². The van der Waals surface area contributed by atoms with Gasteiger partial charge in [0.05, 0.1) is 11.3 Å². The molecule has 0 saturated heterocycles. The van der Waals surface area contributed by atoms with E-state index in [1.54, 1.807) is 36.8 Å². The standard InChI is InChI=1S/C14H15N3O2/c1-17(10-13-8-15-5-6-16-13)9-11-3-2-4-12(7-11)14(18)19/h2-8H,9-10H2,1H3,(H,18,19). The Morgan fingerprint density at radius 1 is 1.32 bits per heavy atom. The van der Waals surface area contributed by atoms with Gasteiger partial charge in [-0.1, -0.05) is 12.1 Å². The number of nitrogens with zero attached hydrogens (tertiary/aromatic N) is 3. The second-order valence-corrected chi connectivity index (χ2v) is 4.37. The predicted molar refractivity (Wildman–Crippen MR) is 70.6 cm³/mol. The summed E-state index contributed by atoms with van der Waals surface area (Å²) in [6.45, 7) is 1.34. The van der Waals surface area contributed by atoms with Crippen molar-refractivity contribution in [3.8, 4) is 0 Å². The van der Waals surface area contributed by atoms with Crippen molar-refractivity contribution in [1.82, 2.24) is 14.9 Å². The van der Waals surface area contributed by atoms with Crippen molar-refractivity contribution in [2.45, 2.75) is 13.1 Å². The van der Waals surface area contributed by atoms with Gasteiger partial charge in [-0.2, -0.15) is 0 Å². The first-order chi connectivity index (χ1) is 9.15. The largest absolute Gasteiger partial charge is 0.478 e.